The first kappa shape index (κ1) is 18.2. The minimum absolute atomic E-state index is 0.0144. The molecule has 21 heavy (non-hydrogen) atoms. The molecule has 0 aromatic heterocycles. The Morgan fingerprint density at radius 2 is 1.86 bits per heavy atom. The van der Waals surface area contributed by atoms with E-state index in [1.165, 1.54) is 6.92 Å². The Balaban J connectivity index is 3.10. The third kappa shape index (κ3) is 4.55. The van der Waals surface area contributed by atoms with Crippen LogP contribution >= 0.6 is 11.6 Å². The number of rotatable bonds is 5. The van der Waals surface area contributed by atoms with Crippen LogP contribution in [0.1, 0.15) is 17.5 Å². The first-order valence-electron chi connectivity index (χ1n) is 5.87. The molecule has 0 aliphatic rings. The van der Waals surface area contributed by atoms with Gasteiger partial charge in [0.1, 0.15) is 5.82 Å². The van der Waals surface area contributed by atoms with Gasteiger partial charge in [0, 0.05) is 19.2 Å². The zero-order valence-electron chi connectivity index (χ0n) is 11.3. The number of hydrogen-bond donors (Lipinski definition) is 0. The molecule has 1 rings (SSSR count). The fourth-order valence-electron chi connectivity index (χ4n) is 1.64. The van der Waals surface area contributed by atoms with Gasteiger partial charge in [-0.05, 0) is 24.6 Å². The average molecular weight is 348 g/mol. The maximum Gasteiger partial charge on any atom is 0.390 e. The fraction of sp³-hybridized carbons (Fsp3) is 0.500. The number of aryl methyl sites for hydroxylation is 1. The molecule has 0 amide bonds. The minimum Gasteiger partial charge on any atom is -0.207 e. The lowest BCUT2D eigenvalue weighted by Crippen LogP contribution is -2.30. The number of alkyl halides is 4. The van der Waals surface area contributed by atoms with Gasteiger partial charge in [0.25, 0.3) is 0 Å². The average Bonchev–Trinajstić information content (AvgIpc) is 2.37. The molecule has 0 aliphatic heterocycles. The Hall–Kier alpha value is -0.860. The van der Waals surface area contributed by atoms with E-state index in [0.29, 0.717) is 4.31 Å². The summed E-state index contributed by atoms with van der Waals surface area (Å²) in [5, 5.41) is 0. The lowest BCUT2D eigenvalue weighted by atomic mass is 10.1. The van der Waals surface area contributed by atoms with Crippen LogP contribution in [0.2, 0.25) is 0 Å². The molecular formula is C12H14ClF4NO2S. The molecular weight excluding hydrogens is 334 g/mol. The molecule has 9 heteroatoms. The molecule has 0 unspecified atom stereocenters. The minimum atomic E-state index is -4.45. The molecule has 0 atom stereocenters. The Labute approximate surface area is 125 Å². The van der Waals surface area contributed by atoms with Gasteiger partial charge in [0.2, 0.25) is 10.0 Å². The van der Waals surface area contributed by atoms with Crippen molar-refractivity contribution in [2.75, 3.05) is 13.6 Å². The molecule has 0 bridgehead atoms. The van der Waals surface area contributed by atoms with Crippen LogP contribution in [0.3, 0.4) is 0 Å². The van der Waals surface area contributed by atoms with E-state index in [1.54, 1.807) is 0 Å². The highest BCUT2D eigenvalue weighted by atomic mass is 35.5. The van der Waals surface area contributed by atoms with Crippen LogP contribution in [-0.4, -0.2) is 32.5 Å². The predicted octanol–water partition coefficient (Wildman–Crippen LogP) is 3.45. The quantitative estimate of drug-likeness (QED) is 0.604. The van der Waals surface area contributed by atoms with E-state index < -0.39 is 35.0 Å². The first-order chi connectivity index (χ1) is 9.49. The second-order valence-corrected chi connectivity index (χ2v) is 6.85. The van der Waals surface area contributed by atoms with Crippen LogP contribution in [0.4, 0.5) is 17.6 Å². The summed E-state index contributed by atoms with van der Waals surface area (Å²) in [7, 11) is -3.08. The van der Waals surface area contributed by atoms with Gasteiger partial charge in [-0.2, -0.15) is 13.2 Å². The van der Waals surface area contributed by atoms with Crippen LogP contribution < -0.4 is 0 Å². The van der Waals surface area contributed by atoms with Gasteiger partial charge in [-0.25, -0.2) is 17.1 Å². The standard InChI is InChI=1S/C12H14ClF4NO2S/c1-8-5-10(6-9(7-13)11(8)14)21(19,20)18(2)4-3-12(15,16)17/h5-6H,3-4,7H2,1-2H3. The van der Waals surface area contributed by atoms with E-state index in [9.17, 15) is 26.0 Å². The Bertz CT molecular complexity index is 616. The summed E-state index contributed by atoms with van der Waals surface area (Å²) in [5.41, 5.74) is 0.0513. The molecule has 0 N–H and O–H groups in total. The van der Waals surface area contributed by atoms with Crippen molar-refractivity contribution in [1.29, 1.82) is 0 Å². The third-order valence-corrected chi connectivity index (χ3v) is 4.99. The SMILES string of the molecule is Cc1cc(S(=O)(=O)N(C)CCC(F)(F)F)cc(CCl)c1F. The summed E-state index contributed by atoms with van der Waals surface area (Å²) >= 11 is 5.53. The Kier molecular flexibility index (Phi) is 5.63. The van der Waals surface area contributed by atoms with Crippen molar-refractivity contribution in [3.8, 4) is 0 Å². The maximum atomic E-state index is 13.6. The van der Waals surface area contributed by atoms with Gasteiger partial charge in [0.05, 0.1) is 17.2 Å². The monoisotopic (exact) mass is 347 g/mol. The van der Waals surface area contributed by atoms with Crippen LogP contribution in [-0.2, 0) is 15.9 Å². The third-order valence-electron chi connectivity index (χ3n) is 2.87. The largest absolute Gasteiger partial charge is 0.390 e. The van der Waals surface area contributed by atoms with Crippen molar-refractivity contribution in [2.24, 2.45) is 0 Å². The summed E-state index contributed by atoms with van der Waals surface area (Å²) < 4.78 is 75.0. The van der Waals surface area contributed by atoms with E-state index in [4.69, 9.17) is 11.6 Å². The van der Waals surface area contributed by atoms with Gasteiger partial charge in [-0.3, -0.25) is 0 Å². The first-order valence-corrected chi connectivity index (χ1v) is 7.84. The summed E-state index contributed by atoms with van der Waals surface area (Å²) in [4.78, 5) is -0.276. The molecule has 0 saturated carbocycles. The van der Waals surface area contributed by atoms with Gasteiger partial charge in [-0.1, -0.05) is 0 Å². The normalized spacial score (nSPS) is 13.0. The molecule has 0 radical (unpaired) electrons. The van der Waals surface area contributed by atoms with Gasteiger partial charge >= 0.3 is 6.18 Å². The summed E-state index contributed by atoms with van der Waals surface area (Å²) in [6, 6.07) is 2.11. The zero-order chi connectivity index (χ0) is 16.4. The smallest absolute Gasteiger partial charge is 0.207 e. The summed E-state index contributed by atoms with van der Waals surface area (Å²) in [6.45, 7) is 0.651. The van der Waals surface area contributed by atoms with Crippen molar-refractivity contribution in [2.45, 2.75) is 30.3 Å². The van der Waals surface area contributed by atoms with Crippen LogP contribution in [0, 0.1) is 12.7 Å². The highest BCUT2D eigenvalue weighted by Crippen LogP contribution is 2.25. The van der Waals surface area contributed by atoms with E-state index in [1.807, 2.05) is 0 Å². The van der Waals surface area contributed by atoms with E-state index in [2.05, 4.69) is 0 Å². The molecule has 0 spiro atoms. The summed E-state index contributed by atoms with van der Waals surface area (Å²) in [5.74, 6) is -0.857. The highest BCUT2D eigenvalue weighted by molar-refractivity contribution is 7.89. The van der Waals surface area contributed by atoms with Crippen LogP contribution in [0.5, 0.6) is 0 Å². The number of benzene rings is 1. The van der Waals surface area contributed by atoms with Crippen molar-refractivity contribution in [3.05, 3.63) is 29.1 Å². The topological polar surface area (TPSA) is 37.4 Å². The van der Waals surface area contributed by atoms with Gasteiger partial charge in [0.15, 0.2) is 0 Å². The van der Waals surface area contributed by atoms with Crippen LogP contribution in [0.25, 0.3) is 0 Å². The maximum absolute atomic E-state index is 13.6. The number of halogens is 5. The predicted molar refractivity (Wildman–Crippen MR) is 71.2 cm³/mol. The molecule has 0 aliphatic carbocycles. The molecule has 1 aromatic carbocycles. The lowest BCUT2D eigenvalue weighted by molar-refractivity contribution is -0.135. The van der Waals surface area contributed by atoms with E-state index in [0.717, 1.165) is 19.2 Å². The molecule has 0 saturated heterocycles. The number of hydrogen-bond acceptors (Lipinski definition) is 2. The highest BCUT2D eigenvalue weighted by Gasteiger charge is 2.30. The molecule has 120 valence electrons. The van der Waals surface area contributed by atoms with Gasteiger partial charge in [-0.15, -0.1) is 11.6 Å². The van der Waals surface area contributed by atoms with E-state index >= 15 is 0 Å². The molecule has 3 nitrogen and oxygen atoms in total. The van der Waals surface area contributed by atoms with E-state index in [-0.39, 0.29) is 21.9 Å². The second kappa shape index (κ2) is 6.50. The number of sulfonamides is 1. The molecule has 0 heterocycles. The Morgan fingerprint density at radius 3 is 2.33 bits per heavy atom. The van der Waals surface area contributed by atoms with Crippen molar-refractivity contribution in [1.82, 2.24) is 4.31 Å². The summed E-state index contributed by atoms with van der Waals surface area (Å²) in [6.07, 6.45) is -5.71. The van der Waals surface area contributed by atoms with Crippen LogP contribution in [0.15, 0.2) is 17.0 Å². The molecule has 1 aromatic rings. The lowest BCUT2D eigenvalue weighted by Gasteiger charge is -2.19. The molecule has 0 fully saturated rings. The Morgan fingerprint density at radius 1 is 1.29 bits per heavy atom. The fourth-order valence-corrected chi connectivity index (χ4v) is 3.14. The zero-order valence-corrected chi connectivity index (χ0v) is 12.9. The van der Waals surface area contributed by atoms with Crippen molar-refractivity contribution < 1.29 is 26.0 Å². The number of nitrogens with zero attached hydrogens (tertiary/aromatic N) is 1. The second-order valence-electron chi connectivity index (χ2n) is 4.54. The van der Waals surface area contributed by atoms with Gasteiger partial charge < -0.3 is 0 Å². The van der Waals surface area contributed by atoms with Crippen molar-refractivity contribution in [3.63, 3.8) is 0 Å². The van der Waals surface area contributed by atoms with Crippen molar-refractivity contribution >= 4 is 21.6 Å².